The van der Waals surface area contributed by atoms with Gasteiger partial charge in [0.05, 0.1) is 17.4 Å². The quantitative estimate of drug-likeness (QED) is 0.712. The monoisotopic (exact) mass is 346 g/mol. The summed E-state index contributed by atoms with van der Waals surface area (Å²) in [5.74, 6) is -0.132. The number of carbonyl (C=O) groups excluding carboxylic acids is 1. The molecule has 132 valence electrons. The largest absolute Gasteiger partial charge is 0.366 e. The van der Waals surface area contributed by atoms with Crippen LogP contribution in [0.4, 0.5) is 5.69 Å². The Labute approximate surface area is 153 Å². The molecule has 0 fully saturated rings. The van der Waals surface area contributed by atoms with Gasteiger partial charge in [-0.1, -0.05) is 30.3 Å². The molecule has 1 amide bonds. The summed E-state index contributed by atoms with van der Waals surface area (Å²) in [6.45, 7) is 4.17. The fraction of sp³-hybridized carbons (Fsp3) is 0.190. The molecule has 2 heterocycles. The Morgan fingerprint density at radius 3 is 2.50 bits per heavy atom. The van der Waals surface area contributed by atoms with Crippen molar-refractivity contribution in [2.45, 2.75) is 20.0 Å². The Kier molecular flexibility index (Phi) is 5.93. The maximum atomic E-state index is 12.5. The minimum absolute atomic E-state index is 0.132. The molecule has 5 nitrogen and oxygen atoms in total. The van der Waals surface area contributed by atoms with E-state index in [-0.39, 0.29) is 5.91 Å². The zero-order chi connectivity index (χ0) is 18.2. The Balaban J connectivity index is 1.69. The molecule has 0 atom stereocenters. The van der Waals surface area contributed by atoms with Crippen LogP contribution in [0.15, 0.2) is 73.3 Å². The van der Waals surface area contributed by atoms with E-state index < -0.39 is 0 Å². The SMILES string of the molecule is CCN(Cc1ccccc1)c1cncc(C(=O)NCc2ccncc2)c1. The Morgan fingerprint density at radius 2 is 1.77 bits per heavy atom. The van der Waals surface area contributed by atoms with Crippen molar-refractivity contribution in [1.82, 2.24) is 15.3 Å². The lowest BCUT2D eigenvalue weighted by atomic mass is 10.2. The van der Waals surface area contributed by atoms with Gasteiger partial charge >= 0.3 is 0 Å². The van der Waals surface area contributed by atoms with Gasteiger partial charge in [-0.05, 0) is 36.2 Å². The van der Waals surface area contributed by atoms with E-state index in [1.807, 2.05) is 36.4 Å². The minimum Gasteiger partial charge on any atom is -0.366 e. The minimum atomic E-state index is -0.132. The Hall–Kier alpha value is -3.21. The molecule has 0 unspecified atom stereocenters. The van der Waals surface area contributed by atoms with Crippen molar-refractivity contribution < 1.29 is 4.79 Å². The van der Waals surface area contributed by atoms with E-state index in [9.17, 15) is 4.79 Å². The number of nitrogens with zero attached hydrogens (tertiary/aromatic N) is 3. The first kappa shape index (κ1) is 17.6. The van der Waals surface area contributed by atoms with Crippen LogP contribution in [0, 0.1) is 0 Å². The molecule has 0 saturated heterocycles. The van der Waals surface area contributed by atoms with Crippen molar-refractivity contribution in [3.63, 3.8) is 0 Å². The lowest BCUT2D eigenvalue weighted by molar-refractivity contribution is 0.0950. The summed E-state index contributed by atoms with van der Waals surface area (Å²) in [4.78, 5) is 22.9. The number of benzene rings is 1. The van der Waals surface area contributed by atoms with Crippen LogP contribution >= 0.6 is 0 Å². The molecular formula is C21H22N4O. The predicted molar refractivity (Wildman–Crippen MR) is 103 cm³/mol. The Morgan fingerprint density at radius 1 is 1.00 bits per heavy atom. The smallest absolute Gasteiger partial charge is 0.253 e. The zero-order valence-corrected chi connectivity index (χ0v) is 14.8. The summed E-state index contributed by atoms with van der Waals surface area (Å²) in [7, 11) is 0. The van der Waals surface area contributed by atoms with Crippen LogP contribution in [0.1, 0.15) is 28.4 Å². The molecule has 0 aliphatic carbocycles. The van der Waals surface area contributed by atoms with E-state index >= 15 is 0 Å². The van der Waals surface area contributed by atoms with E-state index in [0.29, 0.717) is 12.1 Å². The second-order valence-electron chi connectivity index (χ2n) is 5.97. The molecule has 3 rings (SSSR count). The first-order valence-electron chi connectivity index (χ1n) is 8.67. The fourth-order valence-electron chi connectivity index (χ4n) is 2.70. The highest BCUT2D eigenvalue weighted by atomic mass is 16.1. The maximum absolute atomic E-state index is 12.5. The fourth-order valence-corrected chi connectivity index (χ4v) is 2.70. The van der Waals surface area contributed by atoms with Gasteiger partial charge in [0.2, 0.25) is 0 Å². The highest BCUT2D eigenvalue weighted by molar-refractivity contribution is 5.94. The van der Waals surface area contributed by atoms with E-state index in [0.717, 1.165) is 24.3 Å². The molecule has 0 radical (unpaired) electrons. The molecule has 0 aliphatic heterocycles. The molecule has 0 aliphatic rings. The third-order valence-electron chi connectivity index (χ3n) is 4.15. The molecule has 2 aromatic heterocycles. The summed E-state index contributed by atoms with van der Waals surface area (Å²) >= 11 is 0. The lowest BCUT2D eigenvalue weighted by Crippen LogP contribution is -2.25. The van der Waals surface area contributed by atoms with Gasteiger partial charge in [-0.25, -0.2) is 0 Å². The molecule has 26 heavy (non-hydrogen) atoms. The topological polar surface area (TPSA) is 58.1 Å². The van der Waals surface area contributed by atoms with Crippen LogP contribution < -0.4 is 10.2 Å². The van der Waals surface area contributed by atoms with E-state index in [4.69, 9.17) is 0 Å². The van der Waals surface area contributed by atoms with Crippen molar-refractivity contribution in [2.75, 3.05) is 11.4 Å². The van der Waals surface area contributed by atoms with Crippen molar-refractivity contribution in [2.24, 2.45) is 0 Å². The highest BCUT2D eigenvalue weighted by Crippen LogP contribution is 2.17. The van der Waals surface area contributed by atoms with Crippen molar-refractivity contribution in [3.05, 3.63) is 90.0 Å². The number of aromatic nitrogens is 2. The van der Waals surface area contributed by atoms with Crippen molar-refractivity contribution >= 4 is 11.6 Å². The average molecular weight is 346 g/mol. The van der Waals surface area contributed by atoms with Crippen LogP contribution in [-0.4, -0.2) is 22.4 Å². The number of rotatable bonds is 7. The number of amides is 1. The van der Waals surface area contributed by atoms with Gasteiger partial charge in [0.25, 0.3) is 5.91 Å². The highest BCUT2D eigenvalue weighted by Gasteiger charge is 2.11. The first-order chi connectivity index (χ1) is 12.8. The van der Waals surface area contributed by atoms with Gasteiger partial charge in [0, 0.05) is 38.2 Å². The molecule has 1 N–H and O–H groups in total. The van der Waals surface area contributed by atoms with Crippen LogP contribution in [-0.2, 0) is 13.1 Å². The normalized spacial score (nSPS) is 10.3. The molecular weight excluding hydrogens is 324 g/mol. The molecule has 1 aromatic carbocycles. The van der Waals surface area contributed by atoms with Gasteiger partial charge < -0.3 is 10.2 Å². The van der Waals surface area contributed by atoms with Gasteiger partial charge in [-0.2, -0.15) is 0 Å². The predicted octanol–water partition coefficient (Wildman–Crippen LogP) is 3.43. The Bertz CT molecular complexity index is 837. The van der Waals surface area contributed by atoms with E-state index in [1.54, 1.807) is 24.8 Å². The third-order valence-corrected chi connectivity index (χ3v) is 4.15. The number of hydrogen-bond acceptors (Lipinski definition) is 4. The van der Waals surface area contributed by atoms with Gasteiger partial charge in [-0.15, -0.1) is 0 Å². The van der Waals surface area contributed by atoms with Crippen LogP contribution in [0.3, 0.4) is 0 Å². The van der Waals surface area contributed by atoms with Gasteiger partial charge in [0.1, 0.15) is 0 Å². The number of hydrogen-bond donors (Lipinski definition) is 1. The maximum Gasteiger partial charge on any atom is 0.253 e. The van der Waals surface area contributed by atoms with Crippen molar-refractivity contribution in [1.29, 1.82) is 0 Å². The van der Waals surface area contributed by atoms with Crippen LogP contribution in [0.25, 0.3) is 0 Å². The second kappa shape index (κ2) is 8.76. The number of pyridine rings is 2. The van der Waals surface area contributed by atoms with Crippen molar-refractivity contribution in [3.8, 4) is 0 Å². The first-order valence-corrected chi connectivity index (χ1v) is 8.67. The zero-order valence-electron chi connectivity index (χ0n) is 14.8. The number of nitrogens with one attached hydrogen (secondary N) is 1. The number of carbonyl (C=O) groups is 1. The molecule has 0 saturated carbocycles. The molecule has 3 aromatic rings. The number of anilines is 1. The van der Waals surface area contributed by atoms with Gasteiger partial charge in [0.15, 0.2) is 0 Å². The van der Waals surface area contributed by atoms with Crippen LogP contribution in [0.2, 0.25) is 0 Å². The summed E-state index contributed by atoms with van der Waals surface area (Å²) in [5.41, 5.74) is 3.73. The van der Waals surface area contributed by atoms with Crippen LogP contribution in [0.5, 0.6) is 0 Å². The molecule has 0 bridgehead atoms. The standard InChI is InChI=1S/C21H22N4O/c1-2-25(16-18-6-4-3-5-7-18)20-12-19(14-23-15-20)21(26)24-13-17-8-10-22-11-9-17/h3-12,14-15H,2,13,16H2,1H3,(H,24,26). The summed E-state index contributed by atoms with van der Waals surface area (Å²) in [6, 6.07) is 15.9. The lowest BCUT2D eigenvalue weighted by Gasteiger charge is -2.23. The molecule has 5 heteroatoms. The van der Waals surface area contributed by atoms with E-state index in [2.05, 4.69) is 39.2 Å². The van der Waals surface area contributed by atoms with E-state index in [1.165, 1.54) is 5.56 Å². The second-order valence-corrected chi connectivity index (χ2v) is 5.97. The summed E-state index contributed by atoms with van der Waals surface area (Å²) < 4.78 is 0. The average Bonchev–Trinajstić information content (AvgIpc) is 2.72. The summed E-state index contributed by atoms with van der Waals surface area (Å²) in [6.07, 6.45) is 6.83. The van der Waals surface area contributed by atoms with Gasteiger partial charge in [-0.3, -0.25) is 14.8 Å². The third kappa shape index (κ3) is 4.66. The molecule has 0 spiro atoms. The summed E-state index contributed by atoms with van der Waals surface area (Å²) in [5, 5.41) is 2.92.